The highest BCUT2D eigenvalue weighted by Crippen LogP contribution is 2.21. The molecule has 118 valence electrons. The molecule has 0 atom stereocenters. The second-order valence-electron chi connectivity index (χ2n) is 5.05. The first-order chi connectivity index (χ1) is 11.7. The average molecular weight is 336 g/mol. The third-order valence-electron chi connectivity index (χ3n) is 3.34. The zero-order valence-electron chi connectivity index (χ0n) is 12.7. The number of amides is 1. The van der Waals surface area contributed by atoms with Crippen LogP contribution in [0.25, 0.3) is 17.2 Å². The fourth-order valence-electron chi connectivity index (χ4n) is 2.18. The molecule has 0 fully saturated rings. The summed E-state index contributed by atoms with van der Waals surface area (Å²) in [6, 6.07) is 14.9. The minimum absolute atomic E-state index is 0.226. The molecule has 4 nitrogen and oxygen atoms in total. The molecule has 0 aliphatic carbocycles. The summed E-state index contributed by atoms with van der Waals surface area (Å²) in [6.07, 6.45) is 8.08. The lowest BCUT2D eigenvalue weighted by Gasteiger charge is -2.05. The van der Waals surface area contributed by atoms with Gasteiger partial charge in [-0.2, -0.15) is 0 Å². The molecular formula is C19H14ClN3O. The van der Waals surface area contributed by atoms with Gasteiger partial charge in [-0.15, -0.1) is 0 Å². The van der Waals surface area contributed by atoms with Crippen LogP contribution in [0.15, 0.2) is 73.3 Å². The van der Waals surface area contributed by atoms with Crippen LogP contribution in [0.4, 0.5) is 5.69 Å². The first kappa shape index (κ1) is 15.9. The molecule has 0 unspecified atom stereocenters. The van der Waals surface area contributed by atoms with E-state index in [2.05, 4.69) is 15.3 Å². The Kier molecular flexibility index (Phi) is 4.99. The summed E-state index contributed by atoms with van der Waals surface area (Å²) < 4.78 is 0. The van der Waals surface area contributed by atoms with E-state index in [1.54, 1.807) is 24.5 Å². The van der Waals surface area contributed by atoms with Crippen LogP contribution in [0, 0.1) is 0 Å². The molecule has 0 saturated carbocycles. The molecule has 0 radical (unpaired) electrons. The van der Waals surface area contributed by atoms with E-state index in [9.17, 15) is 4.79 Å². The Hall–Kier alpha value is -2.98. The number of hydrogen-bond acceptors (Lipinski definition) is 3. The zero-order valence-corrected chi connectivity index (χ0v) is 13.4. The van der Waals surface area contributed by atoms with Crippen LogP contribution < -0.4 is 5.32 Å². The maximum absolute atomic E-state index is 12.1. The van der Waals surface area contributed by atoms with Gasteiger partial charge in [-0.05, 0) is 35.4 Å². The molecule has 0 aliphatic rings. The molecule has 5 heteroatoms. The van der Waals surface area contributed by atoms with Crippen molar-refractivity contribution in [3.8, 4) is 11.1 Å². The molecule has 1 amide bonds. The maximum atomic E-state index is 12.1. The molecule has 0 saturated heterocycles. The van der Waals surface area contributed by atoms with Crippen molar-refractivity contribution < 1.29 is 4.79 Å². The van der Waals surface area contributed by atoms with E-state index >= 15 is 0 Å². The minimum Gasteiger partial charge on any atom is -0.322 e. The average Bonchev–Trinajstić information content (AvgIpc) is 2.62. The SMILES string of the molecule is O=C(/C=C/c1ccccc1Cl)Nc1cccc(-c2cncnc2)c1. The van der Waals surface area contributed by atoms with Crippen LogP contribution in [0.1, 0.15) is 5.56 Å². The molecule has 1 aromatic heterocycles. The molecule has 0 bridgehead atoms. The van der Waals surface area contributed by atoms with E-state index in [0.29, 0.717) is 10.7 Å². The van der Waals surface area contributed by atoms with E-state index < -0.39 is 0 Å². The molecule has 0 aliphatic heterocycles. The lowest BCUT2D eigenvalue weighted by atomic mass is 10.1. The first-order valence-electron chi connectivity index (χ1n) is 7.31. The number of halogens is 1. The normalized spacial score (nSPS) is 10.7. The largest absolute Gasteiger partial charge is 0.322 e. The van der Waals surface area contributed by atoms with E-state index in [0.717, 1.165) is 16.7 Å². The number of carbonyl (C=O) groups excluding carboxylic acids is 1. The molecule has 1 heterocycles. The van der Waals surface area contributed by atoms with Crippen LogP contribution in [-0.2, 0) is 4.79 Å². The van der Waals surface area contributed by atoms with Gasteiger partial charge in [-0.3, -0.25) is 4.79 Å². The van der Waals surface area contributed by atoms with Gasteiger partial charge >= 0.3 is 0 Å². The highest BCUT2D eigenvalue weighted by Gasteiger charge is 2.02. The number of anilines is 1. The van der Waals surface area contributed by atoms with Crippen molar-refractivity contribution in [1.82, 2.24) is 9.97 Å². The second kappa shape index (κ2) is 7.53. The number of carbonyl (C=O) groups is 1. The van der Waals surface area contributed by atoms with E-state index in [-0.39, 0.29) is 5.91 Å². The summed E-state index contributed by atoms with van der Waals surface area (Å²) in [6.45, 7) is 0. The molecule has 3 rings (SSSR count). The molecule has 24 heavy (non-hydrogen) atoms. The van der Waals surface area contributed by atoms with Crippen molar-refractivity contribution in [1.29, 1.82) is 0 Å². The molecule has 3 aromatic rings. The third-order valence-corrected chi connectivity index (χ3v) is 3.69. The number of nitrogens with zero attached hydrogens (tertiary/aromatic N) is 2. The van der Waals surface area contributed by atoms with Crippen LogP contribution in [0.5, 0.6) is 0 Å². The summed E-state index contributed by atoms with van der Waals surface area (Å²) in [5, 5.41) is 3.44. The predicted octanol–water partition coefficient (Wildman–Crippen LogP) is 4.45. The van der Waals surface area contributed by atoms with Gasteiger partial charge in [0.15, 0.2) is 0 Å². The van der Waals surface area contributed by atoms with Crippen molar-refractivity contribution in [2.75, 3.05) is 5.32 Å². The Morgan fingerprint density at radius 3 is 2.58 bits per heavy atom. The van der Waals surface area contributed by atoms with Gasteiger partial charge in [-0.25, -0.2) is 9.97 Å². The molecule has 0 spiro atoms. The summed E-state index contributed by atoms with van der Waals surface area (Å²) in [4.78, 5) is 20.1. The highest BCUT2D eigenvalue weighted by molar-refractivity contribution is 6.32. The van der Waals surface area contributed by atoms with E-state index in [1.807, 2.05) is 42.5 Å². The van der Waals surface area contributed by atoms with Gasteiger partial charge in [-0.1, -0.05) is 41.9 Å². The fraction of sp³-hybridized carbons (Fsp3) is 0. The van der Waals surface area contributed by atoms with Gasteiger partial charge < -0.3 is 5.32 Å². The van der Waals surface area contributed by atoms with Crippen LogP contribution in [0.2, 0.25) is 5.02 Å². The topological polar surface area (TPSA) is 54.9 Å². The van der Waals surface area contributed by atoms with Crippen molar-refractivity contribution in [3.05, 3.63) is 83.9 Å². The Morgan fingerprint density at radius 1 is 1.00 bits per heavy atom. The lowest BCUT2D eigenvalue weighted by Crippen LogP contribution is -2.07. The fourth-order valence-corrected chi connectivity index (χ4v) is 2.38. The monoisotopic (exact) mass is 335 g/mol. The second-order valence-corrected chi connectivity index (χ2v) is 5.46. The van der Waals surface area contributed by atoms with Gasteiger partial charge in [0.25, 0.3) is 0 Å². The predicted molar refractivity (Wildman–Crippen MR) is 96.6 cm³/mol. The van der Waals surface area contributed by atoms with Gasteiger partial charge in [0.05, 0.1) is 0 Å². The van der Waals surface area contributed by atoms with Crippen molar-refractivity contribution >= 4 is 29.3 Å². The summed E-state index contributed by atoms with van der Waals surface area (Å²) >= 11 is 6.06. The highest BCUT2D eigenvalue weighted by atomic mass is 35.5. The third kappa shape index (κ3) is 4.06. The number of nitrogens with one attached hydrogen (secondary N) is 1. The van der Waals surface area contributed by atoms with Crippen molar-refractivity contribution in [3.63, 3.8) is 0 Å². The van der Waals surface area contributed by atoms with Crippen LogP contribution in [-0.4, -0.2) is 15.9 Å². The molecule has 2 aromatic carbocycles. The summed E-state index contributed by atoms with van der Waals surface area (Å²) in [5.74, 6) is -0.226. The number of rotatable bonds is 4. The minimum atomic E-state index is -0.226. The number of aromatic nitrogens is 2. The molecular weight excluding hydrogens is 322 g/mol. The smallest absolute Gasteiger partial charge is 0.248 e. The van der Waals surface area contributed by atoms with Crippen LogP contribution >= 0.6 is 11.6 Å². The van der Waals surface area contributed by atoms with Crippen molar-refractivity contribution in [2.45, 2.75) is 0 Å². The zero-order chi connectivity index (χ0) is 16.8. The first-order valence-corrected chi connectivity index (χ1v) is 7.69. The van der Waals surface area contributed by atoms with Gasteiger partial charge in [0.2, 0.25) is 5.91 Å². The summed E-state index contributed by atoms with van der Waals surface area (Å²) in [5.41, 5.74) is 3.32. The van der Waals surface area contributed by atoms with E-state index in [4.69, 9.17) is 11.6 Å². The van der Waals surface area contributed by atoms with E-state index in [1.165, 1.54) is 12.4 Å². The number of benzene rings is 2. The van der Waals surface area contributed by atoms with Gasteiger partial charge in [0, 0.05) is 34.7 Å². The molecule has 1 N–H and O–H groups in total. The van der Waals surface area contributed by atoms with Gasteiger partial charge in [0.1, 0.15) is 6.33 Å². The Labute approximate surface area is 144 Å². The van der Waals surface area contributed by atoms with Crippen molar-refractivity contribution in [2.24, 2.45) is 0 Å². The standard InChI is InChI=1S/C19H14ClN3O/c20-18-7-2-1-4-14(18)8-9-19(24)23-17-6-3-5-15(10-17)16-11-21-13-22-12-16/h1-13H,(H,23,24)/b9-8+. The Morgan fingerprint density at radius 2 is 1.79 bits per heavy atom. The summed E-state index contributed by atoms with van der Waals surface area (Å²) in [7, 11) is 0. The maximum Gasteiger partial charge on any atom is 0.248 e. The lowest BCUT2D eigenvalue weighted by molar-refractivity contribution is -0.111. The quantitative estimate of drug-likeness (QED) is 0.717. The Balaban J connectivity index is 1.72. The van der Waals surface area contributed by atoms with Crippen LogP contribution in [0.3, 0.4) is 0 Å². The number of hydrogen-bond donors (Lipinski definition) is 1. The Bertz CT molecular complexity index is 879.